The van der Waals surface area contributed by atoms with Crippen molar-refractivity contribution in [2.75, 3.05) is 13.1 Å². The first-order valence-electron chi connectivity index (χ1n) is 12.4. The molecule has 0 spiro atoms. The van der Waals surface area contributed by atoms with Crippen LogP contribution in [0.15, 0.2) is 42.5 Å². The maximum Gasteiger partial charge on any atom is 0.416 e. The first kappa shape index (κ1) is 26.1. The standard InChI is InChI=1S/C28H27F4N3O3/c1-27(2)15-34(13-16-3-5-17(6-4-16)28(30,31)32)12-11-21(27)19-8-7-18-20(24(19)29)14-35(26(18)38)22-9-10-23(36)33-25(22)37/h3-8,11,22H,9-10,12-15H2,1-2H3,(H,33,36,37). The van der Waals surface area contributed by atoms with Gasteiger partial charge in [-0.2, -0.15) is 13.2 Å². The van der Waals surface area contributed by atoms with Crippen molar-refractivity contribution in [1.82, 2.24) is 15.1 Å². The van der Waals surface area contributed by atoms with Gasteiger partial charge in [0.2, 0.25) is 11.8 Å². The summed E-state index contributed by atoms with van der Waals surface area (Å²) >= 11 is 0. The molecule has 6 nitrogen and oxygen atoms in total. The van der Waals surface area contributed by atoms with Gasteiger partial charge < -0.3 is 4.90 Å². The zero-order chi connectivity index (χ0) is 27.4. The lowest BCUT2D eigenvalue weighted by Gasteiger charge is -2.39. The Morgan fingerprint density at radius 2 is 1.71 bits per heavy atom. The third-order valence-electron chi connectivity index (χ3n) is 7.53. The molecule has 0 aliphatic carbocycles. The summed E-state index contributed by atoms with van der Waals surface area (Å²) in [5, 5.41) is 2.24. The Labute approximate surface area is 217 Å². The minimum absolute atomic E-state index is 0.0477. The van der Waals surface area contributed by atoms with Crippen LogP contribution in [0.3, 0.4) is 0 Å². The summed E-state index contributed by atoms with van der Waals surface area (Å²) < 4.78 is 54.5. The lowest BCUT2D eigenvalue weighted by atomic mass is 9.76. The van der Waals surface area contributed by atoms with Gasteiger partial charge in [0.15, 0.2) is 0 Å². The average Bonchev–Trinajstić information content (AvgIpc) is 3.16. The Bertz CT molecular complexity index is 1350. The number of hydrogen-bond acceptors (Lipinski definition) is 4. The molecular formula is C28H27F4N3O3. The second kappa shape index (κ2) is 9.34. The number of nitrogens with zero attached hydrogens (tertiary/aromatic N) is 2. The third kappa shape index (κ3) is 4.73. The molecule has 38 heavy (non-hydrogen) atoms. The van der Waals surface area contributed by atoms with Gasteiger partial charge in [0, 0.05) is 48.2 Å². The summed E-state index contributed by atoms with van der Waals surface area (Å²) in [6.07, 6.45) is -2.14. The van der Waals surface area contributed by atoms with Crippen LogP contribution in [0.25, 0.3) is 5.57 Å². The second-order valence-corrected chi connectivity index (χ2v) is 10.7. The van der Waals surface area contributed by atoms with E-state index in [0.717, 1.165) is 23.3 Å². The summed E-state index contributed by atoms with van der Waals surface area (Å²) in [5.41, 5.74) is 1.21. The number of piperidine rings is 1. The van der Waals surface area contributed by atoms with E-state index in [0.29, 0.717) is 25.2 Å². The predicted molar refractivity (Wildman–Crippen MR) is 131 cm³/mol. The van der Waals surface area contributed by atoms with Crippen molar-refractivity contribution in [3.05, 3.63) is 76.1 Å². The molecule has 1 N–H and O–H groups in total. The highest BCUT2D eigenvalue weighted by molar-refractivity contribution is 6.05. The lowest BCUT2D eigenvalue weighted by molar-refractivity contribution is -0.138. The fourth-order valence-electron chi connectivity index (χ4n) is 5.67. The van der Waals surface area contributed by atoms with Crippen LogP contribution < -0.4 is 5.32 Å². The van der Waals surface area contributed by atoms with Gasteiger partial charge in [0.25, 0.3) is 5.91 Å². The number of rotatable bonds is 4. The summed E-state index contributed by atoms with van der Waals surface area (Å²) in [4.78, 5) is 40.2. The van der Waals surface area contributed by atoms with E-state index in [1.807, 2.05) is 19.9 Å². The number of nitrogens with one attached hydrogen (secondary N) is 1. The minimum atomic E-state index is -4.38. The molecule has 2 aromatic rings. The lowest BCUT2D eigenvalue weighted by Crippen LogP contribution is -2.52. The highest BCUT2D eigenvalue weighted by Crippen LogP contribution is 2.42. The Kier molecular flexibility index (Phi) is 6.41. The molecule has 3 heterocycles. The zero-order valence-corrected chi connectivity index (χ0v) is 21.0. The Morgan fingerprint density at radius 3 is 2.34 bits per heavy atom. The molecule has 1 atom stereocenters. The van der Waals surface area contributed by atoms with E-state index in [2.05, 4.69) is 10.2 Å². The van der Waals surface area contributed by atoms with Gasteiger partial charge in [0.05, 0.1) is 12.1 Å². The number of imide groups is 1. The Morgan fingerprint density at radius 1 is 1.03 bits per heavy atom. The molecule has 3 aliphatic rings. The molecule has 200 valence electrons. The number of amides is 3. The van der Waals surface area contributed by atoms with Crippen LogP contribution in [0.1, 0.15) is 59.3 Å². The van der Waals surface area contributed by atoms with Gasteiger partial charge in [-0.05, 0) is 35.8 Å². The second-order valence-electron chi connectivity index (χ2n) is 10.7. The van der Waals surface area contributed by atoms with Crippen LogP contribution in [0.4, 0.5) is 17.6 Å². The number of benzene rings is 2. The molecular weight excluding hydrogens is 502 g/mol. The van der Waals surface area contributed by atoms with Gasteiger partial charge in [-0.3, -0.25) is 24.6 Å². The topological polar surface area (TPSA) is 69.7 Å². The third-order valence-corrected chi connectivity index (χ3v) is 7.53. The molecule has 3 amide bonds. The number of alkyl halides is 3. The molecule has 3 aliphatic heterocycles. The van der Waals surface area contributed by atoms with Crippen LogP contribution in [0, 0.1) is 11.2 Å². The van der Waals surface area contributed by atoms with Gasteiger partial charge in [-0.15, -0.1) is 0 Å². The molecule has 1 saturated heterocycles. The SMILES string of the molecule is CC1(C)CN(Cc2ccc(C(F)(F)F)cc2)CC=C1c1ccc2c(c1F)CN(C1CCC(=O)NC1=O)C2=O. The fourth-order valence-corrected chi connectivity index (χ4v) is 5.67. The first-order valence-corrected chi connectivity index (χ1v) is 12.4. The van der Waals surface area contributed by atoms with Gasteiger partial charge in [-0.25, -0.2) is 4.39 Å². The molecule has 0 saturated carbocycles. The molecule has 2 aromatic carbocycles. The van der Waals surface area contributed by atoms with Crippen molar-refractivity contribution in [3.8, 4) is 0 Å². The Balaban J connectivity index is 1.35. The van der Waals surface area contributed by atoms with Gasteiger partial charge in [0.1, 0.15) is 11.9 Å². The maximum absolute atomic E-state index is 15.9. The van der Waals surface area contributed by atoms with Crippen molar-refractivity contribution in [2.24, 2.45) is 5.41 Å². The van der Waals surface area contributed by atoms with Crippen LogP contribution in [0.5, 0.6) is 0 Å². The van der Waals surface area contributed by atoms with E-state index in [1.165, 1.54) is 17.0 Å². The maximum atomic E-state index is 15.9. The molecule has 0 radical (unpaired) electrons. The van der Waals surface area contributed by atoms with Gasteiger partial charge in [-0.1, -0.05) is 38.1 Å². The van der Waals surface area contributed by atoms with Crippen LogP contribution in [0.2, 0.25) is 0 Å². The summed E-state index contributed by atoms with van der Waals surface area (Å²) in [5.74, 6) is -1.87. The van der Waals surface area contributed by atoms with E-state index >= 15 is 4.39 Å². The van der Waals surface area contributed by atoms with E-state index in [1.54, 1.807) is 12.1 Å². The van der Waals surface area contributed by atoms with E-state index in [9.17, 15) is 27.6 Å². The fraction of sp³-hybridized carbons (Fsp3) is 0.393. The molecule has 0 bridgehead atoms. The van der Waals surface area contributed by atoms with Crippen molar-refractivity contribution < 1.29 is 31.9 Å². The van der Waals surface area contributed by atoms with Crippen molar-refractivity contribution in [2.45, 2.75) is 52.0 Å². The highest BCUT2D eigenvalue weighted by Gasteiger charge is 2.41. The number of carbonyl (C=O) groups excluding carboxylic acids is 3. The molecule has 0 aromatic heterocycles. The average molecular weight is 530 g/mol. The molecule has 1 unspecified atom stereocenters. The van der Waals surface area contributed by atoms with Crippen LogP contribution >= 0.6 is 0 Å². The summed E-state index contributed by atoms with van der Waals surface area (Å²) in [7, 11) is 0. The molecule has 1 fully saturated rings. The van der Waals surface area contributed by atoms with E-state index in [-0.39, 0.29) is 36.4 Å². The predicted octanol–water partition coefficient (Wildman–Crippen LogP) is 4.53. The number of carbonyl (C=O) groups is 3. The highest BCUT2D eigenvalue weighted by atomic mass is 19.4. The number of hydrogen-bond donors (Lipinski definition) is 1. The van der Waals surface area contributed by atoms with Crippen molar-refractivity contribution >= 4 is 23.3 Å². The molecule has 10 heteroatoms. The smallest absolute Gasteiger partial charge is 0.322 e. The number of fused-ring (bicyclic) bond motifs is 1. The van der Waals surface area contributed by atoms with Gasteiger partial charge >= 0.3 is 6.18 Å². The van der Waals surface area contributed by atoms with Crippen LogP contribution in [-0.2, 0) is 28.9 Å². The Hall–Kier alpha value is -3.53. The quantitative estimate of drug-likeness (QED) is 0.467. The normalized spacial score (nSPS) is 21.8. The molecule has 5 rings (SSSR count). The van der Waals surface area contributed by atoms with E-state index < -0.39 is 40.8 Å². The summed E-state index contributed by atoms with van der Waals surface area (Å²) in [6, 6.07) is 7.46. The summed E-state index contributed by atoms with van der Waals surface area (Å²) in [6.45, 7) is 5.40. The zero-order valence-electron chi connectivity index (χ0n) is 21.0. The monoisotopic (exact) mass is 529 g/mol. The first-order chi connectivity index (χ1) is 17.8. The van der Waals surface area contributed by atoms with Crippen LogP contribution in [-0.4, -0.2) is 46.7 Å². The van der Waals surface area contributed by atoms with Crippen molar-refractivity contribution in [1.29, 1.82) is 0 Å². The largest absolute Gasteiger partial charge is 0.416 e. The minimum Gasteiger partial charge on any atom is -0.322 e. The number of halogens is 4. The van der Waals surface area contributed by atoms with Crippen molar-refractivity contribution in [3.63, 3.8) is 0 Å². The van der Waals surface area contributed by atoms with E-state index in [4.69, 9.17) is 0 Å².